The van der Waals surface area contributed by atoms with Crippen LogP contribution in [0.3, 0.4) is 0 Å². The van der Waals surface area contributed by atoms with E-state index in [1.54, 1.807) is 0 Å². The van der Waals surface area contributed by atoms with Crippen LogP contribution in [0.25, 0.3) is 0 Å². The molecule has 0 saturated carbocycles. The van der Waals surface area contributed by atoms with Crippen molar-refractivity contribution in [3.05, 3.63) is 59.7 Å². The highest BCUT2D eigenvalue weighted by molar-refractivity contribution is 5.74. The number of carbonyl (C=O) groups excluding carboxylic acids is 1. The van der Waals surface area contributed by atoms with E-state index in [9.17, 15) is 4.79 Å². The summed E-state index contributed by atoms with van der Waals surface area (Å²) in [7, 11) is 0. The highest BCUT2D eigenvalue weighted by Gasteiger charge is 2.23. The second-order valence-corrected chi connectivity index (χ2v) is 7.76. The van der Waals surface area contributed by atoms with Gasteiger partial charge in [0.15, 0.2) is 0 Å². The number of urea groups is 1. The first-order valence-electron chi connectivity index (χ1n) is 11.4. The number of rotatable bonds is 9. The lowest BCUT2D eigenvalue weighted by molar-refractivity contribution is 0.193. The minimum atomic E-state index is 0.00962. The van der Waals surface area contributed by atoms with Gasteiger partial charge in [0.05, 0.1) is 12.3 Å². The van der Waals surface area contributed by atoms with Gasteiger partial charge in [-0.15, -0.1) is 0 Å². The highest BCUT2D eigenvalue weighted by Crippen LogP contribution is 2.28. The van der Waals surface area contributed by atoms with E-state index in [2.05, 4.69) is 53.2 Å². The zero-order valence-electron chi connectivity index (χ0n) is 19.1. The van der Waals surface area contributed by atoms with Crippen LogP contribution in [0.4, 0.5) is 10.5 Å². The number of ether oxygens (including phenoxy) is 1. The van der Waals surface area contributed by atoms with Crippen LogP contribution in [-0.2, 0) is 13.1 Å². The van der Waals surface area contributed by atoms with Crippen molar-refractivity contribution in [2.45, 2.75) is 33.9 Å². The number of amides is 2. The molecule has 1 heterocycles. The lowest BCUT2D eigenvalue weighted by Crippen LogP contribution is -2.51. The molecule has 0 spiro atoms. The van der Waals surface area contributed by atoms with Crippen LogP contribution in [0.5, 0.6) is 5.75 Å². The predicted octanol–water partition coefficient (Wildman–Crippen LogP) is 3.96. The van der Waals surface area contributed by atoms with Gasteiger partial charge in [0, 0.05) is 39.3 Å². The normalized spacial score (nSPS) is 14.1. The molecule has 1 fully saturated rings. The van der Waals surface area contributed by atoms with Crippen molar-refractivity contribution in [1.82, 2.24) is 15.1 Å². The number of benzene rings is 2. The Kier molecular flexibility index (Phi) is 8.59. The van der Waals surface area contributed by atoms with Gasteiger partial charge in [0.2, 0.25) is 0 Å². The molecule has 3 rings (SSSR count). The molecule has 0 aromatic heterocycles. The smallest absolute Gasteiger partial charge is 0.317 e. The summed E-state index contributed by atoms with van der Waals surface area (Å²) in [6.45, 7) is 13.5. The number of para-hydroxylation sites is 2. The first-order chi connectivity index (χ1) is 15.2. The Labute approximate surface area is 186 Å². The van der Waals surface area contributed by atoms with Gasteiger partial charge in [0.25, 0.3) is 0 Å². The van der Waals surface area contributed by atoms with Gasteiger partial charge in [-0.05, 0) is 43.3 Å². The van der Waals surface area contributed by atoms with Crippen molar-refractivity contribution < 1.29 is 9.53 Å². The van der Waals surface area contributed by atoms with Crippen LogP contribution in [0.15, 0.2) is 48.5 Å². The average molecular weight is 425 g/mol. The topological polar surface area (TPSA) is 48.1 Å². The minimum Gasteiger partial charge on any atom is -0.492 e. The number of nitrogens with one attached hydrogen (secondary N) is 1. The maximum atomic E-state index is 12.8. The Hall–Kier alpha value is -2.73. The predicted molar refractivity (Wildman–Crippen MR) is 127 cm³/mol. The summed E-state index contributed by atoms with van der Waals surface area (Å²) in [5.74, 6) is 0.910. The molecule has 1 aliphatic rings. The van der Waals surface area contributed by atoms with E-state index in [4.69, 9.17) is 4.74 Å². The summed E-state index contributed by atoms with van der Waals surface area (Å²) >= 11 is 0. The Morgan fingerprint density at radius 1 is 0.935 bits per heavy atom. The lowest BCUT2D eigenvalue weighted by atomic mass is 10.1. The Balaban J connectivity index is 1.53. The molecule has 1 aliphatic heterocycles. The molecule has 2 amide bonds. The first-order valence-corrected chi connectivity index (χ1v) is 11.4. The fourth-order valence-electron chi connectivity index (χ4n) is 4.00. The van der Waals surface area contributed by atoms with Gasteiger partial charge in [-0.1, -0.05) is 50.2 Å². The number of carbonyl (C=O) groups is 1. The molecule has 31 heavy (non-hydrogen) atoms. The molecule has 1 N–H and O–H groups in total. The third-order valence-corrected chi connectivity index (χ3v) is 5.91. The molecule has 2 aromatic rings. The van der Waals surface area contributed by atoms with Crippen molar-refractivity contribution in [1.29, 1.82) is 0 Å². The zero-order chi connectivity index (χ0) is 22.1. The number of piperazine rings is 1. The second kappa shape index (κ2) is 11.6. The molecule has 168 valence electrons. The molecule has 0 unspecified atom stereocenters. The highest BCUT2D eigenvalue weighted by atomic mass is 16.5. The van der Waals surface area contributed by atoms with E-state index in [0.29, 0.717) is 26.2 Å². The van der Waals surface area contributed by atoms with Crippen LogP contribution >= 0.6 is 0 Å². The summed E-state index contributed by atoms with van der Waals surface area (Å²) in [5.41, 5.74) is 3.57. The van der Waals surface area contributed by atoms with E-state index in [1.807, 2.05) is 36.1 Å². The van der Waals surface area contributed by atoms with Crippen LogP contribution in [0.1, 0.15) is 31.9 Å². The molecule has 6 heteroatoms. The number of hydrogen-bond acceptors (Lipinski definition) is 4. The minimum absolute atomic E-state index is 0.00962. The molecule has 0 bridgehead atoms. The van der Waals surface area contributed by atoms with Gasteiger partial charge in [0.1, 0.15) is 5.75 Å². The molecular formula is C25H36N4O2. The third kappa shape index (κ3) is 6.14. The number of hydrogen-bond donors (Lipinski definition) is 1. The number of anilines is 1. The molecule has 2 aromatic carbocycles. The summed E-state index contributed by atoms with van der Waals surface area (Å²) in [6, 6.07) is 16.5. The van der Waals surface area contributed by atoms with E-state index < -0.39 is 0 Å². The molecular weight excluding hydrogens is 388 g/mol. The maximum absolute atomic E-state index is 12.8. The van der Waals surface area contributed by atoms with E-state index in [-0.39, 0.29) is 6.03 Å². The van der Waals surface area contributed by atoms with Gasteiger partial charge < -0.3 is 19.9 Å². The molecule has 6 nitrogen and oxygen atoms in total. The monoisotopic (exact) mass is 424 g/mol. The van der Waals surface area contributed by atoms with Crippen molar-refractivity contribution in [3.8, 4) is 5.75 Å². The Morgan fingerprint density at radius 2 is 1.58 bits per heavy atom. The SMILES string of the molecule is CCOc1ccccc1N1CCN(C(=O)NCc2ccccc2CN(CC)CC)CC1. The summed E-state index contributed by atoms with van der Waals surface area (Å²) in [5, 5.41) is 3.13. The van der Waals surface area contributed by atoms with E-state index >= 15 is 0 Å². The van der Waals surface area contributed by atoms with Crippen LogP contribution in [0, 0.1) is 0 Å². The molecule has 0 radical (unpaired) electrons. The lowest BCUT2D eigenvalue weighted by Gasteiger charge is -2.36. The second-order valence-electron chi connectivity index (χ2n) is 7.76. The van der Waals surface area contributed by atoms with Gasteiger partial charge in [-0.2, -0.15) is 0 Å². The van der Waals surface area contributed by atoms with Crippen molar-refractivity contribution >= 4 is 11.7 Å². The van der Waals surface area contributed by atoms with Crippen molar-refractivity contribution in [3.63, 3.8) is 0 Å². The van der Waals surface area contributed by atoms with Crippen LogP contribution in [0.2, 0.25) is 0 Å². The quantitative estimate of drug-likeness (QED) is 0.662. The largest absolute Gasteiger partial charge is 0.492 e. The fourth-order valence-corrected chi connectivity index (χ4v) is 4.00. The van der Waals surface area contributed by atoms with Gasteiger partial charge in [-0.3, -0.25) is 4.90 Å². The summed E-state index contributed by atoms with van der Waals surface area (Å²) < 4.78 is 5.77. The third-order valence-electron chi connectivity index (χ3n) is 5.91. The van der Waals surface area contributed by atoms with Crippen LogP contribution < -0.4 is 15.0 Å². The zero-order valence-corrected chi connectivity index (χ0v) is 19.1. The van der Waals surface area contributed by atoms with Crippen molar-refractivity contribution in [2.75, 3.05) is 50.8 Å². The maximum Gasteiger partial charge on any atom is 0.317 e. The van der Waals surface area contributed by atoms with Crippen molar-refractivity contribution in [2.24, 2.45) is 0 Å². The molecule has 1 saturated heterocycles. The molecule has 0 atom stereocenters. The first kappa shape index (κ1) is 22.9. The van der Waals surface area contributed by atoms with Gasteiger partial charge >= 0.3 is 6.03 Å². The molecule has 0 aliphatic carbocycles. The average Bonchev–Trinajstić information content (AvgIpc) is 2.82. The van der Waals surface area contributed by atoms with Crippen LogP contribution in [-0.4, -0.2) is 61.7 Å². The van der Waals surface area contributed by atoms with E-state index in [0.717, 1.165) is 44.2 Å². The summed E-state index contributed by atoms with van der Waals surface area (Å²) in [4.78, 5) is 19.4. The van der Waals surface area contributed by atoms with E-state index in [1.165, 1.54) is 11.1 Å². The standard InChI is InChI=1S/C25H36N4O2/c1-4-27(5-2)20-22-12-8-7-11-21(22)19-26-25(30)29-17-15-28(16-18-29)23-13-9-10-14-24(23)31-6-3/h7-14H,4-6,15-20H2,1-3H3,(H,26,30). The Morgan fingerprint density at radius 3 is 2.26 bits per heavy atom. The fraction of sp³-hybridized carbons (Fsp3) is 0.480. The van der Waals surface area contributed by atoms with Gasteiger partial charge in [-0.25, -0.2) is 4.79 Å². The number of nitrogens with zero attached hydrogens (tertiary/aromatic N) is 3. The Bertz CT molecular complexity index is 830. The summed E-state index contributed by atoms with van der Waals surface area (Å²) in [6.07, 6.45) is 0.